The molecule has 150 valence electrons. The molecule has 7 nitrogen and oxygen atoms in total. The van der Waals surface area contributed by atoms with E-state index in [1.165, 1.54) is 12.3 Å². The third-order valence-electron chi connectivity index (χ3n) is 3.87. The normalized spacial score (nSPS) is 10.7. The van der Waals surface area contributed by atoms with Crippen LogP contribution in [0.5, 0.6) is 0 Å². The molecule has 0 atom stereocenters. The number of nitrogen functional groups attached to an aromatic ring is 1. The number of hydrogen-bond donors (Lipinski definition) is 3. The predicted octanol–water partition coefficient (Wildman–Crippen LogP) is 4.34. The molecular weight excluding hydrogens is 392 g/mol. The molecule has 2 rings (SSSR count). The summed E-state index contributed by atoms with van der Waals surface area (Å²) < 4.78 is 5.22. The van der Waals surface area contributed by atoms with Gasteiger partial charge in [0.15, 0.2) is 0 Å². The standard InChI is InChI=1S/C21H21ClN4O3/c1-2-3-10-29-21(28)16-6-4-5-7-19(16)25-13-14(12-23)20(27)26-15-8-9-18(24)17(22)11-15/h4-9,11,13,25H,2-3,10,24H2,1H3,(H,26,27)/b14-13-. The summed E-state index contributed by atoms with van der Waals surface area (Å²) in [7, 11) is 0. The Bertz CT molecular complexity index is 967. The summed E-state index contributed by atoms with van der Waals surface area (Å²) in [6.07, 6.45) is 2.91. The van der Waals surface area contributed by atoms with E-state index in [-0.39, 0.29) is 5.57 Å². The van der Waals surface area contributed by atoms with Crippen LogP contribution in [0.25, 0.3) is 0 Å². The Kier molecular flexibility index (Phi) is 8.07. The van der Waals surface area contributed by atoms with Gasteiger partial charge in [0.25, 0.3) is 5.91 Å². The number of nitrogens with one attached hydrogen (secondary N) is 2. The molecule has 0 aromatic heterocycles. The number of rotatable bonds is 8. The molecule has 8 heteroatoms. The fraction of sp³-hybridized carbons (Fsp3) is 0.190. The Balaban J connectivity index is 2.12. The number of benzene rings is 2. The number of nitriles is 1. The zero-order valence-electron chi connectivity index (χ0n) is 15.9. The van der Waals surface area contributed by atoms with E-state index >= 15 is 0 Å². The minimum absolute atomic E-state index is 0.188. The fourth-order valence-electron chi connectivity index (χ4n) is 2.28. The Morgan fingerprint density at radius 2 is 2.03 bits per heavy atom. The van der Waals surface area contributed by atoms with Crippen molar-refractivity contribution in [1.82, 2.24) is 0 Å². The number of carbonyl (C=O) groups is 2. The lowest BCUT2D eigenvalue weighted by Gasteiger charge is -2.10. The van der Waals surface area contributed by atoms with Gasteiger partial charge in [-0.25, -0.2) is 4.79 Å². The number of halogens is 1. The van der Waals surface area contributed by atoms with Gasteiger partial charge in [0.2, 0.25) is 0 Å². The molecule has 0 spiro atoms. The molecule has 1 amide bonds. The molecule has 2 aromatic rings. The molecule has 0 heterocycles. The van der Waals surface area contributed by atoms with Crippen molar-refractivity contribution in [2.45, 2.75) is 19.8 Å². The van der Waals surface area contributed by atoms with Gasteiger partial charge in [-0.1, -0.05) is 37.1 Å². The van der Waals surface area contributed by atoms with Crippen LogP contribution < -0.4 is 16.4 Å². The highest BCUT2D eigenvalue weighted by Crippen LogP contribution is 2.23. The first-order valence-corrected chi connectivity index (χ1v) is 9.33. The Hall–Kier alpha value is -3.50. The number of ether oxygens (including phenoxy) is 1. The van der Waals surface area contributed by atoms with Gasteiger partial charge < -0.3 is 21.1 Å². The van der Waals surface area contributed by atoms with E-state index in [2.05, 4.69) is 10.6 Å². The maximum atomic E-state index is 12.3. The van der Waals surface area contributed by atoms with E-state index in [1.54, 1.807) is 36.4 Å². The van der Waals surface area contributed by atoms with E-state index in [0.29, 0.717) is 34.3 Å². The summed E-state index contributed by atoms with van der Waals surface area (Å²) in [4.78, 5) is 24.6. The molecule has 0 unspecified atom stereocenters. The van der Waals surface area contributed by atoms with Gasteiger partial charge in [0.1, 0.15) is 11.6 Å². The number of unbranched alkanes of at least 4 members (excludes halogenated alkanes) is 1. The summed E-state index contributed by atoms with van der Waals surface area (Å²) in [6, 6.07) is 13.1. The Morgan fingerprint density at radius 1 is 1.28 bits per heavy atom. The highest BCUT2D eigenvalue weighted by molar-refractivity contribution is 6.33. The van der Waals surface area contributed by atoms with Gasteiger partial charge >= 0.3 is 5.97 Å². The quantitative estimate of drug-likeness (QED) is 0.195. The number of nitrogens with two attached hydrogens (primary N) is 1. The van der Waals surface area contributed by atoms with Gasteiger partial charge in [-0.15, -0.1) is 0 Å². The second-order valence-corrected chi connectivity index (χ2v) is 6.45. The molecular formula is C21H21ClN4O3. The van der Waals surface area contributed by atoms with Gasteiger partial charge in [0, 0.05) is 11.9 Å². The molecule has 4 N–H and O–H groups in total. The first-order valence-electron chi connectivity index (χ1n) is 8.95. The SMILES string of the molecule is CCCCOC(=O)c1ccccc1N/C=C(/C#N)C(=O)Nc1ccc(N)c(Cl)c1. The van der Waals surface area contributed by atoms with E-state index < -0.39 is 11.9 Å². The van der Waals surface area contributed by atoms with Crippen LogP contribution in [0.1, 0.15) is 30.1 Å². The molecule has 0 bridgehead atoms. The van der Waals surface area contributed by atoms with Crippen LogP contribution in [0.4, 0.5) is 17.1 Å². The lowest BCUT2D eigenvalue weighted by atomic mass is 10.1. The second-order valence-electron chi connectivity index (χ2n) is 6.04. The van der Waals surface area contributed by atoms with E-state index in [1.807, 2.05) is 13.0 Å². The van der Waals surface area contributed by atoms with Crippen molar-refractivity contribution in [3.63, 3.8) is 0 Å². The summed E-state index contributed by atoms with van der Waals surface area (Å²) in [5.74, 6) is -1.11. The van der Waals surface area contributed by atoms with Crippen LogP contribution in [0.3, 0.4) is 0 Å². The number of nitrogens with zero attached hydrogens (tertiary/aromatic N) is 1. The zero-order chi connectivity index (χ0) is 21.2. The molecule has 0 aliphatic heterocycles. The van der Waals surface area contributed by atoms with Crippen molar-refractivity contribution in [3.8, 4) is 6.07 Å². The van der Waals surface area contributed by atoms with Crippen LogP contribution in [-0.4, -0.2) is 18.5 Å². The first kappa shape index (κ1) is 21.8. The van der Waals surface area contributed by atoms with Crippen LogP contribution in [0, 0.1) is 11.3 Å². The number of esters is 1. The van der Waals surface area contributed by atoms with Crippen molar-refractivity contribution < 1.29 is 14.3 Å². The second kappa shape index (κ2) is 10.7. The van der Waals surface area contributed by atoms with Crippen molar-refractivity contribution in [1.29, 1.82) is 5.26 Å². The lowest BCUT2D eigenvalue weighted by Crippen LogP contribution is -2.15. The average Bonchev–Trinajstić information content (AvgIpc) is 2.71. The summed E-state index contributed by atoms with van der Waals surface area (Å²) in [6.45, 7) is 2.33. The number of amides is 1. The highest BCUT2D eigenvalue weighted by atomic mass is 35.5. The van der Waals surface area contributed by atoms with E-state index in [0.717, 1.165) is 12.8 Å². The maximum absolute atomic E-state index is 12.3. The summed E-state index contributed by atoms with van der Waals surface area (Å²) in [5, 5.41) is 15.0. The monoisotopic (exact) mass is 412 g/mol. The van der Waals surface area contributed by atoms with Crippen LogP contribution in [0.2, 0.25) is 5.02 Å². The summed E-state index contributed by atoms with van der Waals surface area (Å²) >= 11 is 5.93. The Morgan fingerprint density at radius 3 is 2.72 bits per heavy atom. The average molecular weight is 413 g/mol. The molecule has 0 fully saturated rings. The lowest BCUT2D eigenvalue weighted by molar-refractivity contribution is -0.112. The molecule has 0 saturated carbocycles. The largest absolute Gasteiger partial charge is 0.462 e. The van der Waals surface area contributed by atoms with Gasteiger partial charge in [-0.2, -0.15) is 5.26 Å². The first-order chi connectivity index (χ1) is 14.0. The van der Waals surface area contributed by atoms with Crippen LogP contribution in [-0.2, 0) is 9.53 Å². The molecule has 0 aliphatic rings. The summed E-state index contributed by atoms with van der Waals surface area (Å²) in [5.41, 5.74) is 6.96. The minimum Gasteiger partial charge on any atom is -0.462 e. The van der Waals surface area contributed by atoms with E-state index in [4.69, 9.17) is 22.1 Å². The molecule has 0 saturated heterocycles. The van der Waals surface area contributed by atoms with Gasteiger partial charge in [-0.05, 0) is 36.8 Å². The predicted molar refractivity (Wildman–Crippen MR) is 113 cm³/mol. The third kappa shape index (κ3) is 6.26. The smallest absolute Gasteiger partial charge is 0.340 e. The van der Waals surface area contributed by atoms with Gasteiger partial charge in [-0.3, -0.25) is 4.79 Å². The van der Waals surface area contributed by atoms with Crippen molar-refractivity contribution in [2.75, 3.05) is 23.0 Å². The number of hydrogen-bond acceptors (Lipinski definition) is 6. The minimum atomic E-state index is -0.635. The van der Waals surface area contributed by atoms with Crippen molar-refractivity contribution in [2.24, 2.45) is 0 Å². The Labute approximate surface area is 174 Å². The zero-order valence-corrected chi connectivity index (χ0v) is 16.6. The van der Waals surface area contributed by atoms with Gasteiger partial charge in [0.05, 0.1) is 28.6 Å². The number of para-hydroxylation sites is 1. The molecule has 2 aromatic carbocycles. The fourth-order valence-corrected chi connectivity index (χ4v) is 2.46. The number of carbonyl (C=O) groups excluding carboxylic acids is 2. The molecule has 0 aliphatic carbocycles. The van der Waals surface area contributed by atoms with E-state index in [9.17, 15) is 14.9 Å². The van der Waals surface area contributed by atoms with Crippen molar-refractivity contribution in [3.05, 3.63) is 64.8 Å². The molecule has 0 radical (unpaired) electrons. The topological polar surface area (TPSA) is 117 Å². The van der Waals surface area contributed by atoms with Crippen LogP contribution >= 0.6 is 11.6 Å². The highest BCUT2D eigenvalue weighted by Gasteiger charge is 2.14. The third-order valence-corrected chi connectivity index (χ3v) is 4.20. The van der Waals surface area contributed by atoms with Crippen LogP contribution in [0.15, 0.2) is 54.2 Å². The van der Waals surface area contributed by atoms with Crippen molar-refractivity contribution >= 4 is 40.5 Å². The maximum Gasteiger partial charge on any atom is 0.340 e. The molecule has 29 heavy (non-hydrogen) atoms. The number of anilines is 3.